The van der Waals surface area contributed by atoms with Crippen molar-refractivity contribution >= 4 is 17.5 Å². The summed E-state index contributed by atoms with van der Waals surface area (Å²) in [6.07, 6.45) is 5.75. The van der Waals surface area contributed by atoms with Crippen molar-refractivity contribution in [2.24, 2.45) is 15.7 Å². The predicted octanol–water partition coefficient (Wildman–Crippen LogP) is 2.57. The van der Waals surface area contributed by atoms with Crippen LogP contribution in [0.25, 0.3) is 0 Å². The van der Waals surface area contributed by atoms with Crippen LogP contribution in [0.3, 0.4) is 0 Å². The second-order valence-corrected chi connectivity index (χ2v) is 5.17. The minimum absolute atomic E-state index is 0.462. The van der Waals surface area contributed by atoms with Crippen LogP contribution in [0.1, 0.15) is 18.4 Å². The maximum absolute atomic E-state index is 6.13. The fourth-order valence-corrected chi connectivity index (χ4v) is 2.40. The van der Waals surface area contributed by atoms with Crippen molar-refractivity contribution in [1.82, 2.24) is 9.88 Å². The molecule has 0 saturated carbocycles. The maximum Gasteiger partial charge on any atom is 0.227 e. The van der Waals surface area contributed by atoms with Crippen LogP contribution in [0.4, 0.5) is 5.69 Å². The number of para-hydroxylation sites is 1. The van der Waals surface area contributed by atoms with Gasteiger partial charge in [0.15, 0.2) is 0 Å². The summed E-state index contributed by atoms with van der Waals surface area (Å²) in [5.41, 5.74) is 7.87. The van der Waals surface area contributed by atoms with Crippen LogP contribution in [0.5, 0.6) is 0 Å². The zero-order valence-corrected chi connectivity index (χ0v) is 12.4. The lowest BCUT2D eigenvalue weighted by molar-refractivity contribution is 0.514. The molecule has 1 aromatic carbocycles. The monoisotopic (exact) mass is 293 g/mol. The third-order valence-corrected chi connectivity index (χ3v) is 3.57. The van der Waals surface area contributed by atoms with Gasteiger partial charge >= 0.3 is 0 Å². The number of hydrogen-bond donors (Lipinski definition) is 1. The topological polar surface area (TPSA) is 66.9 Å². The number of likely N-dealkylation sites (tertiary alicyclic amines) is 1. The standard InChI is InChI=1S/C17H19N5/c18-16(14-8-10-19-11-9-14)21-17(22-12-4-5-13-22)20-15-6-2-1-3-7-15/h1-3,6-11H,4-5,12-13H2,(H2,18,20,21). The Morgan fingerprint density at radius 2 is 1.68 bits per heavy atom. The Labute approximate surface area is 130 Å². The van der Waals surface area contributed by atoms with E-state index in [4.69, 9.17) is 5.73 Å². The third-order valence-electron chi connectivity index (χ3n) is 3.57. The first-order chi connectivity index (χ1) is 10.8. The number of benzene rings is 1. The summed E-state index contributed by atoms with van der Waals surface area (Å²) in [6, 6.07) is 13.5. The first kappa shape index (κ1) is 14.3. The second kappa shape index (κ2) is 6.85. The number of nitrogens with two attached hydrogens (primary N) is 1. The van der Waals surface area contributed by atoms with E-state index in [-0.39, 0.29) is 0 Å². The van der Waals surface area contributed by atoms with Crippen LogP contribution in [0, 0.1) is 0 Å². The van der Waals surface area contributed by atoms with Gasteiger partial charge in [0.05, 0.1) is 5.69 Å². The van der Waals surface area contributed by atoms with Crippen molar-refractivity contribution in [3.05, 3.63) is 60.4 Å². The number of guanidine groups is 1. The first-order valence-electron chi connectivity index (χ1n) is 7.46. The summed E-state index contributed by atoms with van der Waals surface area (Å²) in [7, 11) is 0. The molecule has 3 rings (SSSR count). The molecular formula is C17H19N5. The molecule has 2 N–H and O–H groups in total. The molecule has 0 radical (unpaired) electrons. The van der Waals surface area contributed by atoms with E-state index in [9.17, 15) is 0 Å². The molecule has 1 aromatic heterocycles. The second-order valence-electron chi connectivity index (χ2n) is 5.17. The Morgan fingerprint density at radius 3 is 2.36 bits per heavy atom. The van der Waals surface area contributed by atoms with Crippen LogP contribution >= 0.6 is 0 Å². The van der Waals surface area contributed by atoms with Gasteiger partial charge in [-0.2, -0.15) is 4.99 Å². The molecule has 1 fully saturated rings. The zero-order valence-electron chi connectivity index (χ0n) is 12.4. The highest BCUT2D eigenvalue weighted by Gasteiger charge is 2.16. The lowest BCUT2D eigenvalue weighted by Crippen LogP contribution is -2.29. The summed E-state index contributed by atoms with van der Waals surface area (Å²) >= 11 is 0. The van der Waals surface area contributed by atoms with Gasteiger partial charge in [0.2, 0.25) is 5.96 Å². The highest BCUT2D eigenvalue weighted by molar-refractivity contribution is 6.05. The van der Waals surface area contributed by atoms with Gasteiger partial charge in [0, 0.05) is 31.0 Å². The number of aliphatic imine (C=N–C) groups is 2. The van der Waals surface area contributed by atoms with Crippen molar-refractivity contribution < 1.29 is 0 Å². The van der Waals surface area contributed by atoms with Crippen LogP contribution in [0.15, 0.2) is 64.8 Å². The van der Waals surface area contributed by atoms with E-state index in [0.717, 1.165) is 24.3 Å². The molecule has 112 valence electrons. The Morgan fingerprint density at radius 1 is 1.00 bits per heavy atom. The quantitative estimate of drug-likeness (QED) is 0.683. The lowest BCUT2D eigenvalue weighted by atomic mass is 10.2. The van der Waals surface area contributed by atoms with E-state index in [2.05, 4.69) is 19.9 Å². The highest BCUT2D eigenvalue weighted by Crippen LogP contribution is 2.15. The summed E-state index contributed by atoms with van der Waals surface area (Å²) in [5, 5.41) is 0. The van der Waals surface area contributed by atoms with Gasteiger partial charge in [-0.05, 0) is 37.1 Å². The largest absolute Gasteiger partial charge is 0.383 e. The Kier molecular flexibility index (Phi) is 4.44. The van der Waals surface area contributed by atoms with Gasteiger partial charge in [-0.15, -0.1) is 0 Å². The number of nitrogens with zero attached hydrogens (tertiary/aromatic N) is 4. The molecule has 0 amide bonds. The first-order valence-corrected chi connectivity index (χ1v) is 7.46. The maximum atomic E-state index is 6.13. The van der Waals surface area contributed by atoms with Crippen molar-refractivity contribution in [3.63, 3.8) is 0 Å². The van der Waals surface area contributed by atoms with Crippen LogP contribution < -0.4 is 5.73 Å². The van der Waals surface area contributed by atoms with Crippen molar-refractivity contribution in [3.8, 4) is 0 Å². The molecule has 2 aromatic rings. The Hall–Kier alpha value is -2.69. The molecule has 2 heterocycles. The van der Waals surface area contributed by atoms with Crippen LogP contribution in [-0.4, -0.2) is 34.8 Å². The van der Waals surface area contributed by atoms with Crippen LogP contribution in [-0.2, 0) is 0 Å². The molecule has 22 heavy (non-hydrogen) atoms. The molecule has 1 aliphatic heterocycles. The molecular weight excluding hydrogens is 274 g/mol. The van der Waals surface area contributed by atoms with Gasteiger partial charge in [-0.25, -0.2) is 4.99 Å². The summed E-state index contributed by atoms with van der Waals surface area (Å²) in [5.74, 6) is 1.14. The minimum Gasteiger partial charge on any atom is -0.383 e. The van der Waals surface area contributed by atoms with E-state index >= 15 is 0 Å². The third kappa shape index (κ3) is 3.49. The summed E-state index contributed by atoms with van der Waals surface area (Å²) in [4.78, 5) is 15.4. The molecule has 0 atom stereocenters. The van der Waals surface area contributed by atoms with Gasteiger partial charge in [-0.3, -0.25) is 4.98 Å². The number of pyridine rings is 1. The Balaban J connectivity index is 1.93. The number of amidine groups is 1. The molecule has 1 saturated heterocycles. The molecule has 0 bridgehead atoms. The lowest BCUT2D eigenvalue weighted by Gasteiger charge is -2.17. The molecule has 0 spiro atoms. The normalized spacial score (nSPS) is 16.1. The molecule has 5 nitrogen and oxygen atoms in total. The van der Waals surface area contributed by atoms with E-state index < -0.39 is 0 Å². The molecule has 5 heteroatoms. The van der Waals surface area contributed by atoms with Gasteiger partial charge in [0.1, 0.15) is 5.84 Å². The van der Waals surface area contributed by atoms with Gasteiger partial charge < -0.3 is 10.6 Å². The molecule has 0 aliphatic carbocycles. The van der Waals surface area contributed by atoms with Crippen LogP contribution in [0.2, 0.25) is 0 Å². The van der Waals surface area contributed by atoms with E-state index in [1.807, 2.05) is 42.5 Å². The summed E-state index contributed by atoms with van der Waals surface area (Å²) in [6.45, 7) is 1.94. The number of hydrogen-bond acceptors (Lipinski definition) is 2. The molecule has 0 unspecified atom stereocenters. The smallest absolute Gasteiger partial charge is 0.227 e. The average molecular weight is 293 g/mol. The van der Waals surface area contributed by atoms with Crippen molar-refractivity contribution in [2.75, 3.05) is 13.1 Å². The fraction of sp³-hybridized carbons (Fsp3) is 0.235. The van der Waals surface area contributed by atoms with Gasteiger partial charge in [0.25, 0.3) is 0 Å². The summed E-state index contributed by atoms with van der Waals surface area (Å²) < 4.78 is 0. The predicted molar refractivity (Wildman–Crippen MR) is 89.3 cm³/mol. The highest BCUT2D eigenvalue weighted by atomic mass is 15.3. The minimum atomic E-state index is 0.462. The van der Waals surface area contributed by atoms with Crippen molar-refractivity contribution in [1.29, 1.82) is 0 Å². The molecule has 1 aliphatic rings. The number of rotatable bonds is 2. The average Bonchev–Trinajstić information content (AvgIpc) is 3.10. The Bertz CT molecular complexity index is 658. The SMILES string of the molecule is NC(=NC(=Nc1ccccc1)N1CCCC1)c1ccncc1. The van der Waals surface area contributed by atoms with E-state index in [0.29, 0.717) is 11.8 Å². The van der Waals surface area contributed by atoms with E-state index in [1.165, 1.54) is 12.8 Å². The van der Waals surface area contributed by atoms with E-state index in [1.54, 1.807) is 12.4 Å². The van der Waals surface area contributed by atoms with Gasteiger partial charge in [-0.1, -0.05) is 18.2 Å². The number of aromatic nitrogens is 1. The van der Waals surface area contributed by atoms with Crippen molar-refractivity contribution in [2.45, 2.75) is 12.8 Å². The zero-order chi connectivity index (χ0) is 15.2. The fourth-order valence-electron chi connectivity index (χ4n) is 2.40.